The Bertz CT molecular complexity index is 135. The third-order valence-electron chi connectivity index (χ3n) is 1.90. The number of carbonyl (C=O) groups is 1. The highest BCUT2D eigenvalue weighted by molar-refractivity contribution is 5.64. The van der Waals surface area contributed by atoms with Crippen LogP contribution in [0, 0.1) is 5.92 Å². The second-order valence-corrected chi connectivity index (χ2v) is 3.32. The van der Waals surface area contributed by atoms with Crippen molar-refractivity contribution in [2.75, 3.05) is 20.1 Å². The summed E-state index contributed by atoms with van der Waals surface area (Å²) in [6.07, 6.45) is 5.28. The van der Waals surface area contributed by atoms with Crippen LogP contribution in [0.3, 0.4) is 0 Å². The number of hydrogen-bond donors (Lipinski definition) is 0. The van der Waals surface area contributed by atoms with Crippen LogP contribution >= 0.6 is 0 Å². The Labute approximate surface area is 89.0 Å². The average molecular weight is 199 g/mol. The summed E-state index contributed by atoms with van der Waals surface area (Å²) >= 11 is 0. The van der Waals surface area contributed by atoms with Crippen molar-refractivity contribution in [3.05, 3.63) is 12.2 Å². The molecule has 0 radical (unpaired) electrons. The normalized spacial score (nSPS) is 20.8. The number of hydrogen-bond acceptors (Lipinski definition) is 2. The monoisotopic (exact) mass is 199 g/mol. The molecule has 0 bridgehead atoms. The smallest absolute Gasteiger partial charge is 0.142 e. The van der Waals surface area contributed by atoms with E-state index in [0.29, 0.717) is 0 Å². The van der Waals surface area contributed by atoms with E-state index in [4.69, 9.17) is 0 Å². The molecular formula is C12H25NO. The lowest BCUT2D eigenvalue weighted by Crippen LogP contribution is -2.12. The standard InChI is InChI=1S/C6H13N.C4H6O.C2H6/c1-6-3-4-7(2)5-6;1-2-3-4-5;1-2/h6H,3-5H2,1-2H3;2-4H,1H3;1-2H3/b;3-2+;. The molecule has 0 aliphatic carbocycles. The van der Waals surface area contributed by atoms with Crippen LogP contribution < -0.4 is 0 Å². The lowest BCUT2D eigenvalue weighted by atomic mass is 10.2. The fourth-order valence-electron chi connectivity index (χ4n) is 1.23. The summed E-state index contributed by atoms with van der Waals surface area (Å²) in [4.78, 5) is 11.7. The lowest BCUT2D eigenvalue weighted by Gasteiger charge is -2.03. The Kier molecular flexibility index (Phi) is 14.0. The zero-order valence-electron chi connectivity index (χ0n) is 10.3. The van der Waals surface area contributed by atoms with Crippen molar-refractivity contribution in [3.8, 4) is 0 Å². The Morgan fingerprint density at radius 3 is 2.00 bits per heavy atom. The summed E-state index contributed by atoms with van der Waals surface area (Å²) in [6, 6.07) is 0. The van der Waals surface area contributed by atoms with E-state index in [1.807, 2.05) is 13.8 Å². The summed E-state index contributed by atoms with van der Waals surface area (Å²) in [5.41, 5.74) is 0. The maximum Gasteiger partial charge on any atom is 0.142 e. The van der Waals surface area contributed by atoms with Crippen LogP contribution in [0.2, 0.25) is 0 Å². The lowest BCUT2D eigenvalue weighted by molar-refractivity contribution is -0.104. The van der Waals surface area contributed by atoms with Gasteiger partial charge in [-0.2, -0.15) is 0 Å². The van der Waals surface area contributed by atoms with Gasteiger partial charge in [0.2, 0.25) is 0 Å². The van der Waals surface area contributed by atoms with E-state index in [9.17, 15) is 4.79 Å². The summed E-state index contributed by atoms with van der Waals surface area (Å²) in [5.74, 6) is 0.949. The van der Waals surface area contributed by atoms with E-state index in [2.05, 4.69) is 18.9 Å². The number of likely N-dealkylation sites (tertiary alicyclic amines) is 1. The highest BCUT2D eigenvalue weighted by atomic mass is 16.1. The molecule has 0 saturated carbocycles. The van der Waals surface area contributed by atoms with Gasteiger partial charge in [0.25, 0.3) is 0 Å². The number of carbonyl (C=O) groups excluding carboxylic acids is 1. The van der Waals surface area contributed by atoms with Crippen molar-refractivity contribution in [2.45, 2.75) is 34.1 Å². The van der Waals surface area contributed by atoms with E-state index in [1.54, 1.807) is 13.0 Å². The fraction of sp³-hybridized carbons (Fsp3) is 0.750. The third kappa shape index (κ3) is 11.4. The Morgan fingerprint density at radius 2 is 1.93 bits per heavy atom. The zero-order chi connectivity index (χ0) is 11.4. The van der Waals surface area contributed by atoms with E-state index < -0.39 is 0 Å². The van der Waals surface area contributed by atoms with Gasteiger partial charge in [0.15, 0.2) is 0 Å². The topological polar surface area (TPSA) is 20.3 Å². The van der Waals surface area contributed by atoms with Gasteiger partial charge in [-0.3, -0.25) is 4.79 Å². The van der Waals surface area contributed by atoms with Gasteiger partial charge in [0.05, 0.1) is 0 Å². The van der Waals surface area contributed by atoms with Crippen LogP contribution in [-0.2, 0) is 4.79 Å². The van der Waals surface area contributed by atoms with Gasteiger partial charge in [-0.1, -0.05) is 26.8 Å². The maximum absolute atomic E-state index is 9.32. The largest absolute Gasteiger partial charge is 0.306 e. The Balaban J connectivity index is 0. The van der Waals surface area contributed by atoms with Crippen LogP contribution in [-0.4, -0.2) is 31.3 Å². The predicted molar refractivity (Wildman–Crippen MR) is 63.5 cm³/mol. The minimum atomic E-state index is 0.750. The minimum Gasteiger partial charge on any atom is -0.306 e. The van der Waals surface area contributed by atoms with Gasteiger partial charge in [0.1, 0.15) is 6.29 Å². The molecule has 1 atom stereocenters. The predicted octanol–water partition coefficient (Wildman–Crippen LogP) is 2.75. The molecule has 1 fully saturated rings. The molecule has 0 aromatic carbocycles. The van der Waals surface area contributed by atoms with Crippen molar-refractivity contribution in [2.24, 2.45) is 5.92 Å². The first-order chi connectivity index (χ1) is 6.70. The SMILES string of the molecule is C/C=C/C=O.CC.CC1CCN(C)C1. The van der Waals surface area contributed by atoms with Gasteiger partial charge in [0, 0.05) is 6.54 Å². The van der Waals surface area contributed by atoms with Crippen LogP contribution in [0.25, 0.3) is 0 Å². The van der Waals surface area contributed by atoms with Gasteiger partial charge >= 0.3 is 0 Å². The van der Waals surface area contributed by atoms with Crippen molar-refractivity contribution >= 4 is 6.29 Å². The van der Waals surface area contributed by atoms with Crippen LogP contribution in [0.1, 0.15) is 34.1 Å². The third-order valence-corrected chi connectivity index (χ3v) is 1.90. The Morgan fingerprint density at radius 1 is 1.36 bits per heavy atom. The van der Waals surface area contributed by atoms with E-state index in [1.165, 1.54) is 25.6 Å². The second kappa shape index (κ2) is 12.4. The molecule has 1 heterocycles. The first-order valence-corrected chi connectivity index (χ1v) is 5.45. The Hall–Kier alpha value is -0.630. The molecule has 14 heavy (non-hydrogen) atoms. The fourth-order valence-corrected chi connectivity index (χ4v) is 1.23. The molecule has 0 amide bonds. The molecule has 0 aromatic heterocycles. The molecule has 1 rings (SSSR count). The summed E-state index contributed by atoms with van der Waals surface area (Å²) in [7, 11) is 2.18. The van der Waals surface area contributed by atoms with Crippen LogP contribution in [0.5, 0.6) is 0 Å². The number of rotatable bonds is 1. The molecular weight excluding hydrogens is 174 g/mol. The highest BCUT2D eigenvalue weighted by Crippen LogP contribution is 2.11. The second-order valence-electron chi connectivity index (χ2n) is 3.32. The van der Waals surface area contributed by atoms with E-state index >= 15 is 0 Å². The van der Waals surface area contributed by atoms with Gasteiger partial charge in [-0.05, 0) is 38.9 Å². The van der Waals surface area contributed by atoms with Crippen molar-refractivity contribution in [1.29, 1.82) is 0 Å². The first kappa shape index (κ1) is 15.8. The number of allylic oxidation sites excluding steroid dienone is 2. The number of nitrogens with zero attached hydrogens (tertiary/aromatic N) is 1. The molecule has 2 heteroatoms. The van der Waals surface area contributed by atoms with Gasteiger partial charge in [-0.25, -0.2) is 0 Å². The number of aldehydes is 1. The molecule has 0 N–H and O–H groups in total. The van der Waals surface area contributed by atoms with Crippen LogP contribution in [0.15, 0.2) is 12.2 Å². The van der Waals surface area contributed by atoms with E-state index in [0.717, 1.165) is 12.2 Å². The van der Waals surface area contributed by atoms with Crippen LogP contribution in [0.4, 0.5) is 0 Å². The van der Waals surface area contributed by atoms with Crippen molar-refractivity contribution in [1.82, 2.24) is 4.90 Å². The molecule has 1 unspecified atom stereocenters. The molecule has 2 nitrogen and oxygen atoms in total. The maximum atomic E-state index is 9.32. The van der Waals surface area contributed by atoms with Crippen molar-refractivity contribution < 1.29 is 4.79 Å². The first-order valence-electron chi connectivity index (χ1n) is 5.45. The zero-order valence-corrected chi connectivity index (χ0v) is 10.3. The molecule has 0 spiro atoms. The summed E-state index contributed by atoms with van der Waals surface area (Å²) in [5, 5.41) is 0. The molecule has 0 aromatic rings. The molecule has 84 valence electrons. The van der Waals surface area contributed by atoms with E-state index in [-0.39, 0.29) is 0 Å². The molecule has 1 saturated heterocycles. The van der Waals surface area contributed by atoms with Crippen molar-refractivity contribution in [3.63, 3.8) is 0 Å². The minimum absolute atomic E-state index is 0.750. The summed E-state index contributed by atoms with van der Waals surface area (Å²) < 4.78 is 0. The highest BCUT2D eigenvalue weighted by Gasteiger charge is 2.13. The quantitative estimate of drug-likeness (QED) is 0.478. The molecule has 1 aliphatic rings. The average Bonchev–Trinajstić information content (AvgIpc) is 2.56. The van der Waals surface area contributed by atoms with Gasteiger partial charge in [-0.15, -0.1) is 0 Å². The van der Waals surface area contributed by atoms with Gasteiger partial charge < -0.3 is 4.90 Å². The summed E-state index contributed by atoms with van der Waals surface area (Å²) in [6.45, 7) is 10.7. The molecule has 1 aliphatic heterocycles.